The van der Waals surface area contributed by atoms with Crippen LogP contribution < -0.4 is 0 Å². The van der Waals surface area contributed by atoms with E-state index in [1.165, 1.54) is 4.90 Å². The summed E-state index contributed by atoms with van der Waals surface area (Å²) in [5.41, 5.74) is 2.80. The number of halogens is 1. The highest BCUT2D eigenvalue weighted by Crippen LogP contribution is 2.34. The Balaban J connectivity index is 1.82. The van der Waals surface area contributed by atoms with Crippen molar-refractivity contribution in [3.63, 3.8) is 0 Å². The smallest absolute Gasteiger partial charge is 0.268 e. The number of carbonyl (C=O) groups is 2. The van der Waals surface area contributed by atoms with Crippen molar-refractivity contribution >= 4 is 40.6 Å². The Bertz CT molecular complexity index is 799. The van der Waals surface area contributed by atoms with E-state index in [1.807, 2.05) is 49.4 Å². The normalized spacial score (nSPS) is 16.4. The number of imide groups is 1. The second-order valence-corrected chi connectivity index (χ2v) is 6.68. The number of benzene rings is 2. The van der Waals surface area contributed by atoms with Gasteiger partial charge in [0.25, 0.3) is 11.1 Å². The first-order chi connectivity index (χ1) is 11.0. The third-order valence-electron chi connectivity index (χ3n) is 3.53. The maximum atomic E-state index is 12.5. The van der Waals surface area contributed by atoms with Gasteiger partial charge >= 0.3 is 0 Å². The molecular formula is C18H14ClNO2S. The van der Waals surface area contributed by atoms with Crippen molar-refractivity contribution in [2.45, 2.75) is 13.5 Å². The number of carbonyl (C=O) groups excluding carboxylic acids is 2. The van der Waals surface area contributed by atoms with Crippen molar-refractivity contribution in [3.05, 3.63) is 75.1 Å². The van der Waals surface area contributed by atoms with E-state index in [1.54, 1.807) is 12.1 Å². The maximum absolute atomic E-state index is 12.5. The van der Waals surface area contributed by atoms with Gasteiger partial charge in [-0.3, -0.25) is 14.5 Å². The SMILES string of the molecule is Cc1ccc(CN2C(=O)S/C(=C\c3ccccc3Cl)C2=O)cc1. The molecule has 1 aliphatic rings. The zero-order chi connectivity index (χ0) is 16.4. The van der Waals surface area contributed by atoms with Crippen molar-refractivity contribution in [2.75, 3.05) is 0 Å². The minimum atomic E-state index is -0.277. The first-order valence-electron chi connectivity index (χ1n) is 7.10. The number of amides is 2. The van der Waals surface area contributed by atoms with Gasteiger partial charge in [0.1, 0.15) is 0 Å². The molecule has 0 spiro atoms. The molecule has 1 saturated heterocycles. The summed E-state index contributed by atoms with van der Waals surface area (Å²) in [7, 11) is 0. The van der Waals surface area contributed by atoms with Gasteiger partial charge in [-0.25, -0.2) is 0 Å². The summed E-state index contributed by atoms with van der Waals surface area (Å²) in [6.45, 7) is 2.28. The molecule has 0 N–H and O–H groups in total. The Morgan fingerprint density at radius 1 is 1.09 bits per heavy atom. The first-order valence-corrected chi connectivity index (χ1v) is 8.29. The Morgan fingerprint density at radius 3 is 2.48 bits per heavy atom. The summed E-state index contributed by atoms with van der Waals surface area (Å²) in [5.74, 6) is -0.277. The van der Waals surface area contributed by atoms with Crippen LogP contribution in [0.25, 0.3) is 6.08 Å². The zero-order valence-electron chi connectivity index (χ0n) is 12.5. The lowest BCUT2D eigenvalue weighted by Gasteiger charge is -2.12. The van der Waals surface area contributed by atoms with Crippen molar-refractivity contribution in [2.24, 2.45) is 0 Å². The van der Waals surface area contributed by atoms with Crippen molar-refractivity contribution in [3.8, 4) is 0 Å². The lowest BCUT2D eigenvalue weighted by Crippen LogP contribution is -2.27. The number of hydrogen-bond donors (Lipinski definition) is 0. The molecule has 1 fully saturated rings. The monoisotopic (exact) mass is 343 g/mol. The molecule has 0 bridgehead atoms. The molecule has 2 aromatic rings. The molecular weight excluding hydrogens is 330 g/mol. The van der Waals surface area contributed by atoms with E-state index in [0.29, 0.717) is 9.93 Å². The van der Waals surface area contributed by atoms with Crippen molar-refractivity contribution in [1.82, 2.24) is 4.90 Å². The van der Waals surface area contributed by atoms with Crippen LogP contribution in [-0.2, 0) is 11.3 Å². The van der Waals surface area contributed by atoms with E-state index < -0.39 is 0 Å². The number of rotatable bonds is 3. The molecule has 1 aliphatic heterocycles. The molecule has 0 atom stereocenters. The lowest BCUT2D eigenvalue weighted by atomic mass is 10.1. The van der Waals surface area contributed by atoms with Gasteiger partial charge in [0.05, 0.1) is 11.4 Å². The maximum Gasteiger partial charge on any atom is 0.293 e. The first kappa shape index (κ1) is 15.8. The fourth-order valence-corrected chi connectivity index (χ4v) is 3.27. The average Bonchev–Trinajstić information content (AvgIpc) is 2.79. The zero-order valence-corrected chi connectivity index (χ0v) is 14.0. The highest BCUT2D eigenvalue weighted by Gasteiger charge is 2.35. The molecule has 0 aliphatic carbocycles. The molecule has 23 heavy (non-hydrogen) atoms. The summed E-state index contributed by atoms with van der Waals surface area (Å²) in [4.78, 5) is 26.3. The molecule has 2 aromatic carbocycles. The van der Waals surface area contributed by atoms with E-state index in [9.17, 15) is 9.59 Å². The molecule has 3 nitrogen and oxygen atoms in total. The number of hydrogen-bond acceptors (Lipinski definition) is 3. The molecule has 3 rings (SSSR count). The summed E-state index contributed by atoms with van der Waals surface area (Å²) >= 11 is 7.05. The van der Waals surface area contributed by atoms with Gasteiger partial charge in [0.2, 0.25) is 0 Å². The Kier molecular flexibility index (Phi) is 4.55. The van der Waals surface area contributed by atoms with Crippen LogP contribution in [0.5, 0.6) is 0 Å². The Hall–Kier alpha value is -2.04. The molecule has 116 valence electrons. The number of aryl methyl sites for hydroxylation is 1. The summed E-state index contributed by atoms with van der Waals surface area (Å²) in [6.07, 6.45) is 1.67. The van der Waals surface area contributed by atoms with E-state index >= 15 is 0 Å². The fraction of sp³-hybridized carbons (Fsp3) is 0.111. The third kappa shape index (κ3) is 3.49. The minimum absolute atomic E-state index is 0.256. The highest BCUT2D eigenvalue weighted by atomic mass is 35.5. The third-order valence-corrected chi connectivity index (χ3v) is 4.78. The number of thioether (sulfide) groups is 1. The molecule has 0 saturated carbocycles. The van der Waals surface area contributed by atoms with E-state index in [-0.39, 0.29) is 17.7 Å². The lowest BCUT2D eigenvalue weighted by molar-refractivity contribution is -0.123. The Morgan fingerprint density at radius 2 is 1.78 bits per heavy atom. The second-order valence-electron chi connectivity index (χ2n) is 5.27. The van der Waals surface area contributed by atoms with E-state index in [4.69, 9.17) is 11.6 Å². The Labute approximate surface area is 143 Å². The van der Waals surface area contributed by atoms with Gasteiger partial charge in [0, 0.05) is 5.02 Å². The molecule has 1 heterocycles. The number of nitrogens with zero attached hydrogens (tertiary/aromatic N) is 1. The van der Waals surface area contributed by atoms with Crippen LogP contribution >= 0.6 is 23.4 Å². The molecule has 0 unspecified atom stereocenters. The minimum Gasteiger partial charge on any atom is -0.268 e. The van der Waals surface area contributed by atoms with Crippen LogP contribution in [-0.4, -0.2) is 16.0 Å². The van der Waals surface area contributed by atoms with Gasteiger partial charge < -0.3 is 0 Å². The van der Waals surface area contributed by atoms with Crippen LogP contribution in [0.3, 0.4) is 0 Å². The van der Waals surface area contributed by atoms with Crippen molar-refractivity contribution in [1.29, 1.82) is 0 Å². The largest absolute Gasteiger partial charge is 0.293 e. The topological polar surface area (TPSA) is 37.4 Å². The predicted molar refractivity (Wildman–Crippen MR) is 94.1 cm³/mol. The predicted octanol–water partition coefficient (Wildman–Crippen LogP) is 4.88. The van der Waals surface area contributed by atoms with E-state index in [0.717, 1.165) is 28.5 Å². The van der Waals surface area contributed by atoms with Crippen LogP contribution in [0.2, 0.25) is 5.02 Å². The summed E-state index contributed by atoms with van der Waals surface area (Å²) in [6, 6.07) is 15.0. The van der Waals surface area contributed by atoms with Crippen LogP contribution in [0.4, 0.5) is 4.79 Å². The van der Waals surface area contributed by atoms with Gasteiger partial charge in [-0.1, -0.05) is 59.6 Å². The quantitative estimate of drug-likeness (QED) is 0.745. The van der Waals surface area contributed by atoms with E-state index in [2.05, 4.69) is 0 Å². The molecule has 5 heteroatoms. The highest BCUT2D eigenvalue weighted by molar-refractivity contribution is 8.18. The molecule has 2 amide bonds. The average molecular weight is 344 g/mol. The summed E-state index contributed by atoms with van der Waals surface area (Å²) in [5, 5.41) is 0.298. The molecule has 0 aromatic heterocycles. The van der Waals surface area contributed by atoms with Gasteiger partial charge in [-0.2, -0.15) is 0 Å². The fourth-order valence-electron chi connectivity index (χ4n) is 2.25. The second kappa shape index (κ2) is 6.60. The van der Waals surface area contributed by atoms with Crippen molar-refractivity contribution < 1.29 is 9.59 Å². The van der Waals surface area contributed by atoms with Gasteiger partial charge in [0.15, 0.2) is 0 Å². The molecule has 0 radical (unpaired) electrons. The van der Waals surface area contributed by atoms with Crippen LogP contribution in [0.1, 0.15) is 16.7 Å². The van der Waals surface area contributed by atoms with Gasteiger partial charge in [-0.05, 0) is 42.0 Å². The van der Waals surface area contributed by atoms with Crippen LogP contribution in [0.15, 0.2) is 53.4 Å². The van der Waals surface area contributed by atoms with Gasteiger partial charge in [-0.15, -0.1) is 0 Å². The van der Waals surface area contributed by atoms with Crippen LogP contribution in [0, 0.1) is 6.92 Å². The summed E-state index contributed by atoms with van der Waals surface area (Å²) < 4.78 is 0. The standard InChI is InChI=1S/C18H14ClNO2S/c1-12-6-8-13(9-7-12)11-20-17(21)16(23-18(20)22)10-14-4-2-3-5-15(14)19/h2-10H,11H2,1H3/b16-10-.